The number of rotatable bonds is 1. The number of ether oxygens (including phenoxy) is 1. The van der Waals surface area contributed by atoms with Crippen LogP contribution >= 0.6 is 11.8 Å². The molecule has 1 heterocycles. The Kier molecular flexibility index (Phi) is 3.40. The number of halogens is 1. The average molecular weight is 242 g/mol. The zero-order chi connectivity index (χ0) is 11.7. The first-order valence-corrected chi connectivity index (χ1v) is 6.41. The molecule has 4 heteroatoms. The minimum absolute atomic E-state index is 0.152. The van der Waals surface area contributed by atoms with Crippen LogP contribution in [0.2, 0.25) is 0 Å². The normalized spacial score (nSPS) is 24.8. The van der Waals surface area contributed by atoms with Crippen molar-refractivity contribution in [2.45, 2.75) is 18.8 Å². The van der Waals surface area contributed by atoms with Gasteiger partial charge in [-0.2, -0.15) is 11.8 Å². The number of thioether (sulfide) groups is 1. The van der Waals surface area contributed by atoms with E-state index in [1.165, 1.54) is 7.11 Å². The molecule has 16 heavy (non-hydrogen) atoms. The van der Waals surface area contributed by atoms with E-state index in [0.29, 0.717) is 16.9 Å². The molecule has 0 aliphatic carbocycles. The van der Waals surface area contributed by atoms with Crippen LogP contribution in [0.25, 0.3) is 0 Å². The Bertz CT molecular complexity index is 395. The molecule has 0 aromatic heterocycles. The van der Waals surface area contributed by atoms with Crippen molar-refractivity contribution in [3.8, 4) is 5.75 Å². The number of hydrogen-bond donors (Lipinski definition) is 1. The molecule has 2 atom stereocenters. The third-order valence-corrected chi connectivity index (χ3v) is 4.20. The van der Waals surface area contributed by atoms with Crippen LogP contribution in [0, 0.1) is 11.7 Å². The van der Waals surface area contributed by atoms with E-state index in [2.05, 4.69) is 0 Å². The molecule has 0 radical (unpaired) electrons. The molecule has 1 aromatic carbocycles. The van der Waals surface area contributed by atoms with Crippen LogP contribution in [0.1, 0.15) is 24.2 Å². The van der Waals surface area contributed by atoms with Crippen molar-refractivity contribution < 1.29 is 14.2 Å². The van der Waals surface area contributed by atoms with Gasteiger partial charge in [0, 0.05) is 11.3 Å². The van der Waals surface area contributed by atoms with Gasteiger partial charge in [-0.1, -0.05) is 13.0 Å². The Morgan fingerprint density at radius 1 is 1.50 bits per heavy atom. The summed E-state index contributed by atoms with van der Waals surface area (Å²) in [5.74, 6) is 1.51. The lowest BCUT2D eigenvalue weighted by molar-refractivity contribution is 0.128. The summed E-state index contributed by atoms with van der Waals surface area (Å²) in [5, 5.41) is 10.1. The van der Waals surface area contributed by atoms with E-state index in [9.17, 15) is 9.50 Å². The van der Waals surface area contributed by atoms with Crippen LogP contribution in [-0.4, -0.2) is 18.0 Å². The van der Waals surface area contributed by atoms with Crippen LogP contribution < -0.4 is 4.74 Å². The fraction of sp³-hybridized carbons (Fsp3) is 0.500. The zero-order valence-corrected chi connectivity index (χ0v) is 10.2. The van der Waals surface area contributed by atoms with Gasteiger partial charge >= 0.3 is 0 Å². The summed E-state index contributed by atoms with van der Waals surface area (Å²) in [4.78, 5) is 0. The van der Waals surface area contributed by atoms with Gasteiger partial charge in [0.1, 0.15) is 0 Å². The van der Waals surface area contributed by atoms with E-state index in [0.717, 1.165) is 5.75 Å². The van der Waals surface area contributed by atoms with Gasteiger partial charge in [0.05, 0.1) is 13.2 Å². The minimum Gasteiger partial charge on any atom is -0.494 e. The molecule has 88 valence electrons. The molecule has 0 saturated carbocycles. The summed E-state index contributed by atoms with van der Waals surface area (Å²) < 4.78 is 18.9. The summed E-state index contributed by atoms with van der Waals surface area (Å²) >= 11 is 1.65. The summed E-state index contributed by atoms with van der Waals surface area (Å²) in [6.45, 7) is 1.98. The highest BCUT2D eigenvalue weighted by atomic mass is 32.2. The fourth-order valence-electron chi connectivity index (χ4n) is 1.94. The van der Waals surface area contributed by atoms with Crippen LogP contribution in [-0.2, 0) is 5.75 Å². The molecule has 0 bridgehead atoms. The van der Waals surface area contributed by atoms with Gasteiger partial charge in [-0.3, -0.25) is 0 Å². The molecule has 0 spiro atoms. The van der Waals surface area contributed by atoms with Crippen molar-refractivity contribution in [2.75, 3.05) is 12.9 Å². The van der Waals surface area contributed by atoms with Crippen molar-refractivity contribution in [2.24, 2.45) is 5.92 Å². The second-order valence-corrected chi connectivity index (χ2v) is 5.12. The fourth-order valence-corrected chi connectivity index (χ4v) is 3.11. The highest BCUT2D eigenvalue weighted by Crippen LogP contribution is 2.37. The second-order valence-electron chi connectivity index (χ2n) is 4.09. The predicted molar refractivity (Wildman–Crippen MR) is 63.2 cm³/mol. The molecule has 1 aliphatic rings. The number of fused-ring (bicyclic) bond motifs is 1. The van der Waals surface area contributed by atoms with Crippen molar-refractivity contribution in [3.05, 3.63) is 29.1 Å². The first-order chi connectivity index (χ1) is 7.65. The summed E-state index contributed by atoms with van der Waals surface area (Å²) in [6, 6.07) is 3.35. The highest BCUT2D eigenvalue weighted by molar-refractivity contribution is 7.98. The van der Waals surface area contributed by atoms with Crippen LogP contribution in [0.3, 0.4) is 0 Å². The van der Waals surface area contributed by atoms with Gasteiger partial charge in [0.2, 0.25) is 0 Å². The van der Waals surface area contributed by atoms with E-state index in [-0.39, 0.29) is 17.5 Å². The Hall–Kier alpha value is -0.740. The third-order valence-electron chi connectivity index (χ3n) is 2.95. The molecule has 2 unspecified atom stereocenters. The summed E-state index contributed by atoms with van der Waals surface area (Å²) in [5.41, 5.74) is 1.29. The monoisotopic (exact) mass is 242 g/mol. The molecule has 2 nitrogen and oxygen atoms in total. The smallest absolute Gasteiger partial charge is 0.169 e. The number of benzene rings is 1. The van der Waals surface area contributed by atoms with Crippen LogP contribution in [0.15, 0.2) is 12.1 Å². The Morgan fingerprint density at radius 3 is 2.94 bits per heavy atom. The minimum atomic E-state index is -0.578. The first kappa shape index (κ1) is 11.7. The quantitative estimate of drug-likeness (QED) is 0.821. The number of aliphatic hydroxyl groups is 1. The van der Waals surface area contributed by atoms with Crippen LogP contribution in [0.4, 0.5) is 4.39 Å². The molecule has 0 saturated heterocycles. The maximum absolute atomic E-state index is 14.0. The maximum Gasteiger partial charge on any atom is 0.169 e. The van der Waals surface area contributed by atoms with Gasteiger partial charge in [0.25, 0.3) is 0 Å². The zero-order valence-electron chi connectivity index (χ0n) is 9.37. The Balaban J connectivity index is 2.50. The third kappa shape index (κ3) is 1.92. The molecular weight excluding hydrogens is 227 g/mol. The first-order valence-electron chi connectivity index (χ1n) is 5.26. The maximum atomic E-state index is 14.0. The van der Waals surface area contributed by atoms with Crippen molar-refractivity contribution in [1.82, 2.24) is 0 Å². The molecule has 0 amide bonds. The van der Waals surface area contributed by atoms with Gasteiger partial charge in [0.15, 0.2) is 11.6 Å². The average Bonchev–Trinajstić information content (AvgIpc) is 2.42. The number of aliphatic hydroxyl groups excluding tert-OH is 1. The molecular formula is C12H15FO2S. The largest absolute Gasteiger partial charge is 0.494 e. The number of hydrogen-bond acceptors (Lipinski definition) is 3. The molecule has 1 aromatic rings. The van der Waals surface area contributed by atoms with Crippen molar-refractivity contribution in [3.63, 3.8) is 0 Å². The van der Waals surface area contributed by atoms with Gasteiger partial charge in [-0.25, -0.2) is 4.39 Å². The van der Waals surface area contributed by atoms with Gasteiger partial charge in [-0.15, -0.1) is 0 Å². The summed E-state index contributed by atoms with van der Waals surface area (Å²) in [7, 11) is 1.45. The van der Waals surface area contributed by atoms with E-state index in [4.69, 9.17) is 4.74 Å². The van der Waals surface area contributed by atoms with E-state index >= 15 is 0 Å². The van der Waals surface area contributed by atoms with Crippen molar-refractivity contribution in [1.29, 1.82) is 0 Å². The number of methoxy groups -OCH3 is 1. The predicted octanol–water partition coefficient (Wildman–Crippen LogP) is 2.75. The van der Waals surface area contributed by atoms with Gasteiger partial charge in [-0.05, 0) is 23.3 Å². The SMILES string of the molecule is COc1ccc2c(c1F)CSCC(C)C2O. The second kappa shape index (κ2) is 4.63. The lowest BCUT2D eigenvalue weighted by atomic mass is 9.95. The Morgan fingerprint density at radius 2 is 2.25 bits per heavy atom. The molecule has 1 N–H and O–H groups in total. The summed E-state index contributed by atoms with van der Waals surface area (Å²) in [6.07, 6.45) is -0.578. The van der Waals surface area contributed by atoms with Crippen LogP contribution in [0.5, 0.6) is 5.75 Å². The molecule has 1 aliphatic heterocycles. The molecule has 0 fully saturated rings. The van der Waals surface area contributed by atoms with Crippen molar-refractivity contribution >= 4 is 11.8 Å². The Labute approximate surface area is 98.8 Å². The topological polar surface area (TPSA) is 29.5 Å². The van der Waals surface area contributed by atoms with E-state index in [1.807, 2.05) is 6.92 Å². The van der Waals surface area contributed by atoms with E-state index in [1.54, 1.807) is 23.9 Å². The lowest BCUT2D eigenvalue weighted by Gasteiger charge is -2.18. The standard InChI is InChI=1S/C12H15FO2S/c1-7-5-16-6-9-8(12(7)14)3-4-10(15-2)11(9)13/h3-4,7,12,14H,5-6H2,1-2H3. The molecule has 2 rings (SSSR count). The van der Waals surface area contributed by atoms with Gasteiger partial charge < -0.3 is 9.84 Å². The van der Waals surface area contributed by atoms with E-state index < -0.39 is 6.10 Å². The lowest BCUT2D eigenvalue weighted by Crippen LogP contribution is -2.11. The highest BCUT2D eigenvalue weighted by Gasteiger charge is 2.26.